The van der Waals surface area contributed by atoms with Crippen molar-refractivity contribution in [3.63, 3.8) is 0 Å². The quantitative estimate of drug-likeness (QED) is 0.307. The standard InChI is InChI=1S/C30H36N4O7S/c1-21(2)18-33(42(38,39)24-14-12-23(40-3)13-15-24)19-26(35)25(17-22-9-5-4-6-10-22)32-29(36)27-20-34(30(37)41-27)28-11-7-8-16-31-28/h4-16,21,25-27,35H,17-20H2,1-3H3,(H,32,36)/t25-,26+,27-/m0/s1. The number of aliphatic hydroxyl groups excluding tert-OH is 1. The zero-order valence-corrected chi connectivity index (χ0v) is 24.6. The van der Waals surface area contributed by atoms with E-state index in [1.54, 1.807) is 30.3 Å². The van der Waals surface area contributed by atoms with Gasteiger partial charge in [-0.1, -0.05) is 50.2 Å². The molecule has 1 saturated heterocycles. The Hall–Kier alpha value is -4.00. The molecule has 12 heteroatoms. The SMILES string of the molecule is COc1ccc(S(=O)(=O)N(CC(C)C)C[C@@H](O)[C@H](Cc2ccccc2)NC(=O)[C@@H]2CN(c3ccccn3)C(=O)O2)cc1. The third-order valence-corrected chi connectivity index (χ3v) is 8.62. The number of aliphatic hydroxyl groups is 1. The van der Waals surface area contributed by atoms with E-state index in [1.807, 2.05) is 44.2 Å². The van der Waals surface area contributed by atoms with Crippen molar-refractivity contribution < 1.29 is 32.6 Å². The van der Waals surface area contributed by atoms with Gasteiger partial charge in [0, 0.05) is 19.3 Å². The van der Waals surface area contributed by atoms with E-state index in [0.717, 1.165) is 5.56 Å². The molecular formula is C30H36N4O7S. The Kier molecular flexibility index (Phi) is 10.2. The maximum Gasteiger partial charge on any atom is 0.416 e. The van der Waals surface area contributed by atoms with Crippen molar-refractivity contribution in [3.8, 4) is 5.75 Å². The molecule has 2 amide bonds. The highest BCUT2D eigenvalue weighted by Crippen LogP contribution is 2.23. The van der Waals surface area contributed by atoms with Crippen molar-refractivity contribution in [2.45, 2.75) is 43.4 Å². The molecule has 0 aliphatic carbocycles. The van der Waals surface area contributed by atoms with Crippen molar-refractivity contribution >= 4 is 27.8 Å². The van der Waals surface area contributed by atoms with Gasteiger partial charge >= 0.3 is 6.09 Å². The zero-order valence-electron chi connectivity index (χ0n) is 23.8. The summed E-state index contributed by atoms with van der Waals surface area (Å²) in [5, 5.41) is 14.3. The molecule has 1 aromatic heterocycles. The summed E-state index contributed by atoms with van der Waals surface area (Å²) >= 11 is 0. The second-order valence-corrected chi connectivity index (χ2v) is 12.4. The molecule has 0 bridgehead atoms. The number of cyclic esters (lactones) is 1. The van der Waals surface area contributed by atoms with E-state index < -0.39 is 40.3 Å². The molecule has 42 heavy (non-hydrogen) atoms. The Balaban J connectivity index is 1.54. The Morgan fingerprint density at radius 2 is 1.79 bits per heavy atom. The highest BCUT2D eigenvalue weighted by Gasteiger charge is 2.39. The van der Waals surface area contributed by atoms with Gasteiger partial charge in [0.05, 0.1) is 30.7 Å². The first-order chi connectivity index (χ1) is 20.1. The third-order valence-electron chi connectivity index (χ3n) is 6.78. The van der Waals surface area contributed by atoms with Gasteiger partial charge in [-0.3, -0.25) is 9.69 Å². The molecule has 3 atom stereocenters. The molecule has 1 fully saturated rings. The van der Waals surface area contributed by atoms with Crippen LogP contribution in [0.25, 0.3) is 0 Å². The van der Waals surface area contributed by atoms with E-state index in [-0.39, 0.29) is 36.9 Å². The van der Waals surface area contributed by atoms with Gasteiger partial charge in [0.15, 0.2) is 6.10 Å². The number of sulfonamides is 1. The third kappa shape index (κ3) is 7.64. The van der Waals surface area contributed by atoms with Crippen LogP contribution in [0, 0.1) is 5.92 Å². The summed E-state index contributed by atoms with van der Waals surface area (Å²) < 4.78 is 39.0. The molecule has 3 aromatic rings. The van der Waals surface area contributed by atoms with Crippen LogP contribution in [0.3, 0.4) is 0 Å². The van der Waals surface area contributed by atoms with E-state index in [1.165, 1.54) is 34.6 Å². The summed E-state index contributed by atoms with van der Waals surface area (Å²) in [5.74, 6) is 0.231. The van der Waals surface area contributed by atoms with Gasteiger partial charge in [0.1, 0.15) is 11.6 Å². The van der Waals surface area contributed by atoms with Crippen molar-refractivity contribution in [2.75, 3.05) is 31.6 Å². The van der Waals surface area contributed by atoms with Gasteiger partial charge < -0.3 is 19.9 Å². The molecule has 1 aliphatic heterocycles. The monoisotopic (exact) mass is 596 g/mol. The van der Waals surface area contributed by atoms with Crippen LogP contribution in [0.5, 0.6) is 5.75 Å². The molecule has 0 radical (unpaired) electrons. The average molecular weight is 597 g/mol. The van der Waals surface area contributed by atoms with Crippen molar-refractivity contribution in [1.29, 1.82) is 0 Å². The van der Waals surface area contributed by atoms with Crippen LogP contribution >= 0.6 is 0 Å². The largest absolute Gasteiger partial charge is 0.497 e. The fraction of sp³-hybridized carbons (Fsp3) is 0.367. The number of methoxy groups -OCH3 is 1. The predicted molar refractivity (Wildman–Crippen MR) is 157 cm³/mol. The lowest BCUT2D eigenvalue weighted by Gasteiger charge is -2.31. The van der Waals surface area contributed by atoms with Gasteiger partial charge in [-0.05, 0) is 54.3 Å². The maximum atomic E-state index is 13.6. The summed E-state index contributed by atoms with van der Waals surface area (Å²) in [5.41, 5.74) is 0.828. The van der Waals surface area contributed by atoms with E-state index in [9.17, 15) is 23.1 Å². The minimum Gasteiger partial charge on any atom is -0.497 e. The highest BCUT2D eigenvalue weighted by atomic mass is 32.2. The number of ether oxygens (including phenoxy) is 2. The average Bonchev–Trinajstić information content (AvgIpc) is 3.38. The van der Waals surface area contributed by atoms with Crippen LogP contribution in [0.4, 0.5) is 10.6 Å². The number of carbonyl (C=O) groups is 2. The van der Waals surface area contributed by atoms with Gasteiger partial charge in [0.25, 0.3) is 5.91 Å². The van der Waals surface area contributed by atoms with Gasteiger partial charge in [-0.15, -0.1) is 0 Å². The number of carbonyl (C=O) groups excluding carboxylic acids is 2. The Bertz CT molecular complexity index is 1440. The lowest BCUT2D eigenvalue weighted by molar-refractivity contribution is -0.129. The minimum atomic E-state index is -3.99. The smallest absolute Gasteiger partial charge is 0.416 e. The number of aromatic nitrogens is 1. The number of pyridine rings is 1. The maximum absolute atomic E-state index is 13.6. The second-order valence-electron chi connectivity index (χ2n) is 10.4. The molecule has 1 aliphatic rings. The molecule has 224 valence electrons. The highest BCUT2D eigenvalue weighted by molar-refractivity contribution is 7.89. The lowest BCUT2D eigenvalue weighted by atomic mass is 10.0. The number of hydrogen-bond donors (Lipinski definition) is 2. The van der Waals surface area contributed by atoms with Crippen molar-refractivity contribution in [3.05, 3.63) is 84.6 Å². The number of hydrogen-bond acceptors (Lipinski definition) is 8. The fourth-order valence-electron chi connectivity index (χ4n) is 4.64. The van der Waals surface area contributed by atoms with E-state index >= 15 is 0 Å². The van der Waals surface area contributed by atoms with E-state index in [2.05, 4.69) is 10.3 Å². The Labute approximate surface area is 246 Å². The number of nitrogens with one attached hydrogen (secondary N) is 1. The first kappa shape index (κ1) is 30.9. The number of benzene rings is 2. The van der Waals surface area contributed by atoms with Gasteiger partial charge in [0.2, 0.25) is 10.0 Å². The molecule has 4 rings (SSSR count). The van der Waals surface area contributed by atoms with Crippen LogP contribution in [-0.4, -0.2) is 79.8 Å². The summed E-state index contributed by atoms with van der Waals surface area (Å²) in [7, 11) is -2.50. The summed E-state index contributed by atoms with van der Waals surface area (Å²) in [6.07, 6.45) is -1.38. The first-order valence-electron chi connectivity index (χ1n) is 13.6. The fourth-order valence-corrected chi connectivity index (χ4v) is 6.26. The minimum absolute atomic E-state index is 0.0390. The Morgan fingerprint density at radius 1 is 1.10 bits per heavy atom. The molecule has 0 unspecified atom stereocenters. The number of rotatable bonds is 13. The molecule has 11 nitrogen and oxygen atoms in total. The van der Waals surface area contributed by atoms with E-state index in [4.69, 9.17) is 9.47 Å². The molecule has 2 heterocycles. The van der Waals surface area contributed by atoms with Crippen LogP contribution in [0.15, 0.2) is 83.9 Å². The summed E-state index contributed by atoms with van der Waals surface area (Å²) in [6.45, 7) is 3.59. The first-order valence-corrected chi connectivity index (χ1v) is 15.1. The van der Waals surface area contributed by atoms with Crippen molar-refractivity contribution in [1.82, 2.24) is 14.6 Å². The predicted octanol–water partition coefficient (Wildman–Crippen LogP) is 2.85. The van der Waals surface area contributed by atoms with E-state index in [0.29, 0.717) is 11.6 Å². The van der Waals surface area contributed by atoms with Crippen LogP contribution < -0.4 is 15.0 Å². The molecule has 2 aromatic carbocycles. The lowest BCUT2D eigenvalue weighted by Crippen LogP contribution is -2.53. The summed E-state index contributed by atoms with van der Waals surface area (Å²) in [6, 6.07) is 19.4. The van der Waals surface area contributed by atoms with Gasteiger partial charge in [-0.2, -0.15) is 4.31 Å². The van der Waals surface area contributed by atoms with Crippen LogP contribution in [-0.2, 0) is 26.0 Å². The van der Waals surface area contributed by atoms with Crippen molar-refractivity contribution in [2.24, 2.45) is 5.92 Å². The number of amides is 2. The number of nitrogens with zero attached hydrogens (tertiary/aromatic N) is 3. The topological polar surface area (TPSA) is 138 Å². The molecule has 2 N–H and O–H groups in total. The van der Waals surface area contributed by atoms with Crippen LogP contribution in [0.1, 0.15) is 19.4 Å². The number of anilines is 1. The normalized spacial score (nSPS) is 16.8. The molecule has 0 spiro atoms. The van der Waals surface area contributed by atoms with Crippen LogP contribution in [0.2, 0.25) is 0 Å². The second kappa shape index (κ2) is 13.8. The summed E-state index contributed by atoms with van der Waals surface area (Å²) in [4.78, 5) is 31.3. The Morgan fingerprint density at radius 3 is 2.40 bits per heavy atom. The molecule has 0 saturated carbocycles. The molecular weight excluding hydrogens is 560 g/mol. The van der Waals surface area contributed by atoms with Gasteiger partial charge in [-0.25, -0.2) is 18.2 Å². The zero-order chi connectivity index (χ0) is 30.3.